The molecule has 0 spiro atoms. The molecule has 0 fully saturated rings. The molecule has 0 saturated carbocycles. The predicted octanol–water partition coefficient (Wildman–Crippen LogP) is 3.38. The third kappa shape index (κ3) is 11.9. The van der Waals surface area contributed by atoms with Crippen molar-refractivity contribution in [1.82, 2.24) is 5.32 Å². The van der Waals surface area contributed by atoms with Crippen molar-refractivity contribution in [3.05, 3.63) is 60.2 Å². The maximum absolute atomic E-state index is 12.6. The second-order valence-corrected chi connectivity index (χ2v) is 7.31. The minimum atomic E-state index is -0.827. The second kappa shape index (κ2) is 18.2. The summed E-state index contributed by atoms with van der Waals surface area (Å²) in [6, 6.07) is 18.1. The number of benzene rings is 2. The van der Waals surface area contributed by atoms with E-state index >= 15 is 0 Å². The molecule has 2 aromatic rings. The van der Waals surface area contributed by atoms with Gasteiger partial charge in [-0.1, -0.05) is 61.5 Å². The standard InChI is InChI=1S/C24H29NO5.3Na/c1-4-21(26)30-23(28)25-16-15-24(3,22(27)29-5-2)17-18-11-13-20(14-12-18)19-9-7-6-8-10-19;;;/h6-14H,4-5,15-17H2,1-3H3,(H,25,28);;;. The Balaban J connectivity index is 0. The summed E-state index contributed by atoms with van der Waals surface area (Å²) in [5, 5.41) is 2.53. The van der Waals surface area contributed by atoms with E-state index in [0.717, 1.165) is 16.7 Å². The van der Waals surface area contributed by atoms with Crippen LogP contribution in [0.5, 0.6) is 0 Å². The fourth-order valence-corrected chi connectivity index (χ4v) is 3.12. The Kier molecular flexibility index (Phi) is 19.3. The summed E-state index contributed by atoms with van der Waals surface area (Å²) in [7, 11) is 0. The smallest absolute Gasteiger partial charge is 0.414 e. The summed E-state index contributed by atoms with van der Waals surface area (Å²) in [6.45, 7) is 5.66. The van der Waals surface area contributed by atoms with E-state index < -0.39 is 17.5 Å². The maximum atomic E-state index is 12.6. The average Bonchev–Trinajstić information content (AvgIpc) is 2.75. The van der Waals surface area contributed by atoms with Gasteiger partial charge in [0.05, 0.1) is 12.0 Å². The van der Waals surface area contributed by atoms with Crippen molar-refractivity contribution in [3.63, 3.8) is 0 Å². The number of hydrogen-bond donors (Lipinski definition) is 1. The van der Waals surface area contributed by atoms with E-state index in [4.69, 9.17) is 4.74 Å². The van der Waals surface area contributed by atoms with Crippen LogP contribution in [0.15, 0.2) is 54.6 Å². The summed E-state index contributed by atoms with van der Waals surface area (Å²) in [5.74, 6) is -0.920. The summed E-state index contributed by atoms with van der Waals surface area (Å²) in [5.41, 5.74) is 2.39. The maximum Gasteiger partial charge on any atom is 0.414 e. The van der Waals surface area contributed by atoms with Crippen molar-refractivity contribution in [1.29, 1.82) is 0 Å². The molecule has 1 unspecified atom stereocenters. The normalized spacial score (nSPS) is 11.4. The van der Waals surface area contributed by atoms with E-state index in [9.17, 15) is 14.4 Å². The van der Waals surface area contributed by atoms with Crippen molar-refractivity contribution >= 4 is 107 Å². The molecular weight excluding hydrogens is 451 g/mol. The minimum Gasteiger partial charge on any atom is -0.466 e. The first-order chi connectivity index (χ1) is 14.4. The third-order valence-electron chi connectivity index (χ3n) is 4.86. The van der Waals surface area contributed by atoms with E-state index in [1.54, 1.807) is 13.8 Å². The number of carbonyl (C=O) groups is 3. The van der Waals surface area contributed by atoms with E-state index in [1.165, 1.54) is 0 Å². The van der Waals surface area contributed by atoms with Crippen molar-refractivity contribution < 1.29 is 23.9 Å². The van der Waals surface area contributed by atoms with Crippen LogP contribution in [0.2, 0.25) is 0 Å². The van der Waals surface area contributed by atoms with Gasteiger partial charge >= 0.3 is 18.0 Å². The van der Waals surface area contributed by atoms with Crippen LogP contribution < -0.4 is 5.32 Å². The number of ether oxygens (including phenoxy) is 2. The fourth-order valence-electron chi connectivity index (χ4n) is 3.12. The Morgan fingerprint density at radius 2 is 1.45 bits per heavy atom. The van der Waals surface area contributed by atoms with Crippen molar-refractivity contribution in [2.24, 2.45) is 5.41 Å². The minimum absolute atomic E-state index is 0. The van der Waals surface area contributed by atoms with Crippen LogP contribution in [0.25, 0.3) is 11.1 Å². The van der Waals surface area contributed by atoms with Gasteiger partial charge in [0, 0.05) is 102 Å². The van der Waals surface area contributed by atoms with Gasteiger partial charge in [-0.25, -0.2) is 4.79 Å². The molecule has 3 radical (unpaired) electrons. The molecule has 9 heteroatoms. The number of esters is 2. The Labute approximate surface area is 262 Å². The van der Waals surface area contributed by atoms with E-state index in [2.05, 4.69) is 10.1 Å². The molecule has 0 aliphatic rings. The Morgan fingerprint density at radius 3 is 2.00 bits per heavy atom. The molecule has 0 saturated heterocycles. The SMILES string of the molecule is CCOC(=O)C(C)(CCNC(=O)OC(=O)CC)Cc1ccc(-c2ccccc2)cc1.[Na].[Na].[Na]. The second-order valence-electron chi connectivity index (χ2n) is 7.31. The molecule has 0 aliphatic heterocycles. The van der Waals surface area contributed by atoms with Crippen LogP contribution in [-0.2, 0) is 25.5 Å². The molecule has 0 aromatic heterocycles. The van der Waals surface area contributed by atoms with Gasteiger partial charge in [-0.15, -0.1) is 0 Å². The van der Waals surface area contributed by atoms with Crippen LogP contribution in [0.4, 0.5) is 4.79 Å². The van der Waals surface area contributed by atoms with Crippen LogP contribution in [0, 0.1) is 5.41 Å². The molecule has 1 N–H and O–H groups in total. The average molecular weight is 480 g/mol. The molecule has 0 aliphatic carbocycles. The number of nitrogens with one attached hydrogen (secondary N) is 1. The first-order valence-corrected chi connectivity index (χ1v) is 10.2. The fraction of sp³-hybridized carbons (Fsp3) is 0.375. The number of rotatable bonds is 9. The van der Waals surface area contributed by atoms with Gasteiger partial charge in [0.15, 0.2) is 0 Å². The Morgan fingerprint density at radius 1 is 0.879 bits per heavy atom. The van der Waals surface area contributed by atoms with Crippen LogP contribution in [0.3, 0.4) is 0 Å². The van der Waals surface area contributed by atoms with Crippen molar-refractivity contribution in [2.75, 3.05) is 13.2 Å². The topological polar surface area (TPSA) is 81.7 Å². The number of carbonyl (C=O) groups excluding carboxylic acids is 3. The Hall–Kier alpha value is -0.150. The molecule has 1 atom stereocenters. The van der Waals surface area contributed by atoms with E-state index in [-0.39, 0.29) is 114 Å². The first-order valence-electron chi connectivity index (χ1n) is 10.2. The van der Waals surface area contributed by atoms with Gasteiger partial charge < -0.3 is 14.8 Å². The zero-order valence-corrected chi connectivity index (χ0v) is 26.8. The number of amides is 1. The molecule has 33 heavy (non-hydrogen) atoms. The van der Waals surface area contributed by atoms with Gasteiger partial charge in [0.1, 0.15) is 0 Å². The number of alkyl carbamates (subject to hydrolysis) is 1. The van der Waals surface area contributed by atoms with Crippen molar-refractivity contribution in [2.45, 2.75) is 40.0 Å². The van der Waals surface area contributed by atoms with Gasteiger partial charge in [-0.05, 0) is 43.4 Å². The molecule has 163 valence electrons. The third-order valence-corrected chi connectivity index (χ3v) is 4.86. The van der Waals surface area contributed by atoms with Crippen LogP contribution in [-0.4, -0.2) is 120 Å². The van der Waals surface area contributed by atoms with Gasteiger partial charge in [0.2, 0.25) is 0 Å². The molecule has 0 heterocycles. The van der Waals surface area contributed by atoms with Gasteiger partial charge in [-0.2, -0.15) is 0 Å². The molecule has 2 aromatic carbocycles. The van der Waals surface area contributed by atoms with Gasteiger partial charge in [-0.3, -0.25) is 9.59 Å². The molecule has 0 bridgehead atoms. The number of hydrogen-bond acceptors (Lipinski definition) is 5. The van der Waals surface area contributed by atoms with Crippen molar-refractivity contribution in [3.8, 4) is 11.1 Å². The van der Waals surface area contributed by atoms with E-state index in [0.29, 0.717) is 12.8 Å². The summed E-state index contributed by atoms with van der Waals surface area (Å²) < 4.78 is 9.87. The molecule has 2 rings (SSSR count). The quantitative estimate of drug-likeness (QED) is 0.338. The molecular formula is C24H29NNa3O5. The largest absolute Gasteiger partial charge is 0.466 e. The summed E-state index contributed by atoms with van der Waals surface area (Å²) in [6.07, 6.45) is 0.125. The molecule has 1 amide bonds. The first kappa shape index (κ1) is 35.0. The summed E-state index contributed by atoms with van der Waals surface area (Å²) >= 11 is 0. The van der Waals surface area contributed by atoms with Crippen LogP contribution in [0.1, 0.15) is 39.2 Å². The zero-order chi connectivity index (χ0) is 22.0. The summed E-state index contributed by atoms with van der Waals surface area (Å²) in [4.78, 5) is 35.5. The van der Waals surface area contributed by atoms with Crippen LogP contribution >= 0.6 is 0 Å². The monoisotopic (exact) mass is 480 g/mol. The predicted molar refractivity (Wildman–Crippen MR) is 132 cm³/mol. The zero-order valence-electron chi connectivity index (χ0n) is 20.8. The molecule has 6 nitrogen and oxygen atoms in total. The van der Waals surface area contributed by atoms with E-state index in [1.807, 2.05) is 61.5 Å². The van der Waals surface area contributed by atoms with Gasteiger partial charge in [0.25, 0.3) is 0 Å². The Bertz CT molecular complexity index is 862.